The standard InChI is InChI=1S/C15H12N4O2/c20-14(10-4-3-7-16-8-10)17-9-13-11-5-1-2-6-12(11)15(21)19-18-13/h1-8H,9H2,(H,17,20)(H,19,21). The van der Waals surface area contributed by atoms with E-state index in [2.05, 4.69) is 20.5 Å². The van der Waals surface area contributed by atoms with E-state index in [1.54, 1.807) is 30.5 Å². The van der Waals surface area contributed by atoms with Crippen LogP contribution in [0, 0.1) is 0 Å². The summed E-state index contributed by atoms with van der Waals surface area (Å²) in [6.07, 6.45) is 3.10. The van der Waals surface area contributed by atoms with Crippen LogP contribution in [0.4, 0.5) is 0 Å². The zero-order chi connectivity index (χ0) is 14.7. The van der Waals surface area contributed by atoms with Gasteiger partial charge in [-0.05, 0) is 18.2 Å². The van der Waals surface area contributed by atoms with Gasteiger partial charge >= 0.3 is 0 Å². The molecular weight excluding hydrogens is 268 g/mol. The third kappa shape index (κ3) is 2.64. The second kappa shape index (κ2) is 5.54. The molecule has 2 N–H and O–H groups in total. The zero-order valence-electron chi connectivity index (χ0n) is 11.0. The molecule has 0 atom stereocenters. The summed E-state index contributed by atoms with van der Waals surface area (Å²) >= 11 is 0. The lowest BCUT2D eigenvalue weighted by Crippen LogP contribution is -2.24. The van der Waals surface area contributed by atoms with Gasteiger partial charge in [-0.15, -0.1) is 0 Å². The molecule has 0 radical (unpaired) electrons. The number of nitrogens with zero attached hydrogens (tertiary/aromatic N) is 2. The Morgan fingerprint density at radius 1 is 1.14 bits per heavy atom. The number of aromatic amines is 1. The van der Waals surface area contributed by atoms with Crippen LogP contribution in [0.3, 0.4) is 0 Å². The number of fused-ring (bicyclic) bond motifs is 1. The van der Waals surface area contributed by atoms with Crippen molar-refractivity contribution < 1.29 is 4.79 Å². The van der Waals surface area contributed by atoms with Gasteiger partial charge in [-0.3, -0.25) is 14.6 Å². The van der Waals surface area contributed by atoms with Gasteiger partial charge in [0.2, 0.25) is 0 Å². The molecule has 0 unspecified atom stereocenters. The molecule has 0 bridgehead atoms. The van der Waals surface area contributed by atoms with Crippen LogP contribution in [-0.4, -0.2) is 21.1 Å². The Bertz CT molecular complexity index is 843. The number of nitrogens with one attached hydrogen (secondary N) is 2. The molecule has 6 heteroatoms. The maximum absolute atomic E-state index is 12.0. The molecule has 6 nitrogen and oxygen atoms in total. The number of aromatic nitrogens is 3. The van der Waals surface area contributed by atoms with E-state index in [9.17, 15) is 9.59 Å². The zero-order valence-corrected chi connectivity index (χ0v) is 11.0. The highest BCUT2D eigenvalue weighted by Crippen LogP contribution is 2.12. The number of pyridine rings is 1. The van der Waals surface area contributed by atoms with Gasteiger partial charge < -0.3 is 5.32 Å². The van der Waals surface area contributed by atoms with E-state index in [-0.39, 0.29) is 18.0 Å². The van der Waals surface area contributed by atoms with Crippen molar-refractivity contribution in [3.8, 4) is 0 Å². The molecular formula is C15H12N4O2. The Balaban J connectivity index is 1.85. The summed E-state index contributed by atoms with van der Waals surface area (Å²) < 4.78 is 0. The van der Waals surface area contributed by atoms with Crippen LogP contribution in [0.2, 0.25) is 0 Å². The molecule has 0 aliphatic heterocycles. The topological polar surface area (TPSA) is 87.7 Å². The van der Waals surface area contributed by atoms with E-state index in [4.69, 9.17) is 0 Å². The first-order valence-corrected chi connectivity index (χ1v) is 6.40. The van der Waals surface area contributed by atoms with Gasteiger partial charge in [-0.2, -0.15) is 5.10 Å². The molecule has 0 aliphatic rings. The highest BCUT2D eigenvalue weighted by Gasteiger charge is 2.09. The van der Waals surface area contributed by atoms with Gasteiger partial charge in [0, 0.05) is 17.8 Å². The minimum atomic E-state index is -0.243. The van der Waals surface area contributed by atoms with Gasteiger partial charge in [-0.25, -0.2) is 5.10 Å². The summed E-state index contributed by atoms with van der Waals surface area (Å²) in [5.74, 6) is -0.236. The fraction of sp³-hybridized carbons (Fsp3) is 0.0667. The van der Waals surface area contributed by atoms with Crippen LogP contribution in [0.5, 0.6) is 0 Å². The molecule has 0 saturated heterocycles. The first-order chi connectivity index (χ1) is 10.3. The van der Waals surface area contributed by atoms with Crippen LogP contribution in [0.25, 0.3) is 10.8 Å². The molecule has 2 heterocycles. The van der Waals surface area contributed by atoms with Gasteiger partial charge in [0.1, 0.15) is 0 Å². The van der Waals surface area contributed by atoms with Crippen molar-refractivity contribution in [2.24, 2.45) is 0 Å². The summed E-state index contributed by atoms with van der Waals surface area (Å²) in [5.41, 5.74) is 0.849. The van der Waals surface area contributed by atoms with Gasteiger partial charge in [0.25, 0.3) is 11.5 Å². The SMILES string of the molecule is O=C(NCc1n[nH]c(=O)c2ccccc12)c1cccnc1. The van der Waals surface area contributed by atoms with E-state index in [0.717, 1.165) is 5.39 Å². The number of carbonyl (C=O) groups excluding carboxylic acids is 1. The maximum atomic E-state index is 12.0. The fourth-order valence-electron chi connectivity index (χ4n) is 2.07. The number of H-pyrrole nitrogens is 1. The quantitative estimate of drug-likeness (QED) is 0.755. The fourth-order valence-corrected chi connectivity index (χ4v) is 2.07. The average molecular weight is 280 g/mol. The minimum absolute atomic E-state index is 0.227. The number of benzene rings is 1. The van der Waals surface area contributed by atoms with Crippen molar-refractivity contribution in [2.75, 3.05) is 0 Å². The molecule has 104 valence electrons. The molecule has 1 aromatic carbocycles. The summed E-state index contributed by atoms with van der Waals surface area (Å²) in [4.78, 5) is 27.5. The van der Waals surface area contributed by atoms with Crippen molar-refractivity contribution in [3.05, 3.63) is 70.4 Å². The van der Waals surface area contributed by atoms with Crippen LogP contribution < -0.4 is 10.9 Å². The third-order valence-corrected chi connectivity index (χ3v) is 3.12. The lowest BCUT2D eigenvalue weighted by Gasteiger charge is -2.06. The summed E-state index contributed by atoms with van der Waals surface area (Å²) in [6.45, 7) is 0.227. The molecule has 0 spiro atoms. The van der Waals surface area contributed by atoms with Crippen LogP contribution >= 0.6 is 0 Å². The minimum Gasteiger partial charge on any atom is -0.346 e. The Morgan fingerprint density at radius 2 is 1.95 bits per heavy atom. The van der Waals surface area contributed by atoms with Crippen LogP contribution in [0.15, 0.2) is 53.6 Å². The second-order valence-corrected chi connectivity index (χ2v) is 4.47. The molecule has 0 saturated carbocycles. The monoisotopic (exact) mass is 280 g/mol. The Morgan fingerprint density at radius 3 is 2.71 bits per heavy atom. The predicted molar refractivity (Wildman–Crippen MR) is 77.8 cm³/mol. The summed E-state index contributed by atoms with van der Waals surface area (Å²) in [6, 6.07) is 10.5. The Kier molecular flexibility index (Phi) is 3.42. The van der Waals surface area contributed by atoms with Crippen molar-refractivity contribution in [1.29, 1.82) is 0 Å². The Labute approximate surface area is 119 Å². The van der Waals surface area contributed by atoms with E-state index in [1.165, 1.54) is 6.20 Å². The highest BCUT2D eigenvalue weighted by atomic mass is 16.1. The predicted octanol–water partition coefficient (Wildman–Crippen LogP) is 1.25. The molecule has 0 fully saturated rings. The number of rotatable bonds is 3. The maximum Gasteiger partial charge on any atom is 0.272 e. The molecule has 3 aromatic rings. The number of hydrogen-bond acceptors (Lipinski definition) is 4. The number of amides is 1. The lowest BCUT2D eigenvalue weighted by molar-refractivity contribution is 0.0950. The Hall–Kier alpha value is -3.02. The summed E-state index contributed by atoms with van der Waals surface area (Å²) in [7, 11) is 0. The number of carbonyl (C=O) groups is 1. The third-order valence-electron chi connectivity index (χ3n) is 3.12. The van der Waals surface area contributed by atoms with Gasteiger partial charge in [0.15, 0.2) is 0 Å². The van der Waals surface area contributed by atoms with Crippen LogP contribution in [-0.2, 0) is 6.54 Å². The van der Waals surface area contributed by atoms with Crippen molar-refractivity contribution in [1.82, 2.24) is 20.5 Å². The average Bonchev–Trinajstić information content (AvgIpc) is 2.55. The van der Waals surface area contributed by atoms with Crippen LogP contribution in [0.1, 0.15) is 16.1 Å². The highest BCUT2D eigenvalue weighted by molar-refractivity contribution is 5.94. The van der Waals surface area contributed by atoms with Crippen molar-refractivity contribution >= 4 is 16.7 Å². The molecule has 2 aromatic heterocycles. The molecule has 0 aliphatic carbocycles. The van der Waals surface area contributed by atoms with E-state index in [0.29, 0.717) is 16.6 Å². The first-order valence-electron chi connectivity index (χ1n) is 6.40. The van der Waals surface area contributed by atoms with Crippen molar-refractivity contribution in [2.45, 2.75) is 6.54 Å². The normalized spacial score (nSPS) is 10.5. The molecule has 1 amide bonds. The first kappa shape index (κ1) is 13.0. The van der Waals surface area contributed by atoms with E-state index < -0.39 is 0 Å². The number of hydrogen-bond donors (Lipinski definition) is 2. The summed E-state index contributed by atoms with van der Waals surface area (Å²) in [5, 5.41) is 10.5. The largest absolute Gasteiger partial charge is 0.346 e. The molecule has 3 rings (SSSR count). The second-order valence-electron chi connectivity index (χ2n) is 4.47. The van der Waals surface area contributed by atoms with Crippen molar-refractivity contribution in [3.63, 3.8) is 0 Å². The van der Waals surface area contributed by atoms with E-state index >= 15 is 0 Å². The smallest absolute Gasteiger partial charge is 0.272 e. The molecule has 21 heavy (non-hydrogen) atoms. The van der Waals surface area contributed by atoms with Gasteiger partial charge in [0.05, 0.1) is 23.2 Å². The lowest BCUT2D eigenvalue weighted by atomic mass is 10.1. The van der Waals surface area contributed by atoms with Gasteiger partial charge in [-0.1, -0.05) is 18.2 Å². The van der Waals surface area contributed by atoms with E-state index in [1.807, 2.05) is 12.1 Å².